The Morgan fingerprint density at radius 2 is 1.51 bits per heavy atom. The summed E-state index contributed by atoms with van der Waals surface area (Å²) in [6.07, 6.45) is -0.683. The van der Waals surface area contributed by atoms with Gasteiger partial charge in [-0.25, -0.2) is 4.79 Å². The van der Waals surface area contributed by atoms with E-state index in [2.05, 4.69) is 10.6 Å². The largest absolute Gasteiger partial charge is 0.444 e. The van der Waals surface area contributed by atoms with Crippen LogP contribution in [-0.4, -0.2) is 41.0 Å². The number of amides is 3. The predicted octanol–water partition coefficient (Wildman–Crippen LogP) is 5.36. The molecule has 3 amide bonds. The van der Waals surface area contributed by atoms with Gasteiger partial charge in [-0.1, -0.05) is 47.5 Å². The highest BCUT2D eigenvalue weighted by Crippen LogP contribution is 2.28. The highest BCUT2D eigenvalue weighted by molar-refractivity contribution is 5.99. The molecule has 7 nitrogen and oxygen atoms in total. The first kappa shape index (κ1) is 27.9. The normalized spacial score (nSPS) is 12.9. The molecule has 0 aromatic heterocycles. The van der Waals surface area contributed by atoms with Crippen molar-refractivity contribution in [3.63, 3.8) is 0 Å². The average molecular weight is 482 g/mol. The molecule has 0 fully saturated rings. The summed E-state index contributed by atoms with van der Waals surface area (Å²) in [5.74, 6) is -0.689. The van der Waals surface area contributed by atoms with Crippen LogP contribution in [0.1, 0.15) is 68.5 Å². The van der Waals surface area contributed by atoms with Gasteiger partial charge < -0.3 is 20.3 Å². The molecule has 0 radical (unpaired) electrons. The monoisotopic (exact) mass is 481 g/mol. The Labute approximate surface area is 209 Å². The molecule has 0 aliphatic rings. The third-order valence-electron chi connectivity index (χ3n) is 5.58. The Kier molecular flexibility index (Phi) is 9.07. The van der Waals surface area contributed by atoms with E-state index >= 15 is 0 Å². The van der Waals surface area contributed by atoms with Crippen molar-refractivity contribution in [1.82, 2.24) is 10.2 Å². The number of alkyl carbamates (subject to hydrolysis) is 1. The number of para-hydroxylation sites is 1. The Hall–Kier alpha value is -3.35. The second-order valence-electron chi connectivity index (χ2n) is 10.1. The molecule has 2 aromatic carbocycles. The van der Waals surface area contributed by atoms with E-state index < -0.39 is 23.8 Å². The zero-order valence-corrected chi connectivity index (χ0v) is 22.4. The smallest absolute Gasteiger partial charge is 0.408 e. The Morgan fingerprint density at radius 3 is 2.00 bits per heavy atom. The summed E-state index contributed by atoms with van der Waals surface area (Å²) in [5.41, 5.74) is 4.62. The van der Waals surface area contributed by atoms with Crippen molar-refractivity contribution in [3.8, 4) is 0 Å². The quantitative estimate of drug-likeness (QED) is 0.557. The van der Waals surface area contributed by atoms with E-state index in [9.17, 15) is 14.4 Å². The number of aryl methyl sites for hydroxylation is 4. The fraction of sp³-hybridized carbons (Fsp3) is 0.464. The molecule has 0 bridgehead atoms. The van der Waals surface area contributed by atoms with Crippen LogP contribution < -0.4 is 10.6 Å². The molecule has 2 aromatic rings. The van der Waals surface area contributed by atoms with Gasteiger partial charge in [0.2, 0.25) is 5.91 Å². The molecule has 2 N–H and O–H groups in total. The lowest BCUT2D eigenvalue weighted by atomic mass is 9.98. The Balaban J connectivity index is 2.44. The van der Waals surface area contributed by atoms with Gasteiger partial charge in [0.15, 0.2) is 0 Å². The fourth-order valence-electron chi connectivity index (χ4n) is 4.10. The topological polar surface area (TPSA) is 87.7 Å². The lowest BCUT2D eigenvalue weighted by Gasteiger charge is -2.33. The van der Waals surface area contributed by atoms with Crippen LogP contribution in [0.2, 0.25) is 0 Å². The van der Waals surface area contributed by atoms with Crippen molar-refractivity contribution in [2.75, 3.05) is 11.9 Å². The van der Waals surface area contributed by atoms with E-state index in [1.54, 1.807) is 27.7 Å². The number of carbonyl (C=O) groups excluding carboxylic acids is 3. The van der Waals surface area contributed by atoms with E-state index in [0.29, 0.717) is 5.56 Å². The van der Waals surface area contributed by atoms with Crippen molar-refractivity contribution < 1.29 is 19.1 Å². The first-order chi connectivity index (χ1) is 16.2. The molecular formula is C28H39N3O4. The third-order valence-corrected chi connectivity index (χ3v) is 5.58. The first-order valence-corrected chi connectivity index (χ1v) is 12.0. The van der Waals surface area contributed by atoms with Crippen molar-refractivity contribution in [1.29, 1.82) is 0 Å². The highest BCUT2D eigenvalue weighted by atomic mass is 16.6. The van der Waals surface area contributed by atoms with Gasteiger partial charge in [-0.05, 0) is 79.0 Å². The molecule has 0 saturated carbocycles. The van der Waals surface area contributed by atoms with Gasteiger partial charge in [0.25, 0.3) is 5.91 Å². The van der Waals surface area contributed by atoms with E-state index in [-0.39, 0.29) is 18.4 Å². The molecule has 2 rings (SSSR count). The van der Waals surface area contributed by atoms with Crippen LogP contribution in [0.25, 0.3) is 0 Å². The van der Waals surface area contributed by atoms with Crippen molar-refractivity contribution in [3.05, 3.63) is 64.2 Å². The summed E-state index contributed by atoms with van der Waals surface area (Å²) in [6, 6.07) is 9.91. The molecule has 7 heteroatoms. The number of benzene rings is 2. The van der Waals surface area contributed by atoms with Gasteiger partial charge in [-0.2, -0.15) is 0 Å². The van der Waals surface area contributed by atoms with Crippen LogP contribution in [0.4, 0.5) is 10.5 Å². The summed E-state index contributed by atoms with van der Waals surface area (Å²) in [5, 5.41) is 5.65. The summed E-state index contributed by atoms with van der Waals surface area (Å²) in [6.45, 7) is 16.7. The SMILES string of the molecule is CCN(C(=O)C(C)NC(=O)OC(C)(C)C)C(C(=O)Nc1c(C)cccc1C)c1cc(C)cc(C)c1. The maximum Gasteiger partial charge on any atom is 0.408 e. The molecule has 0 saturated heterocycles. The second-order valence-corrected chi connectivity index (χ2v) is 10.1. The van der Waals surface area contributed by atoms with Gasteiger partial charge in [-0.15, -0.1) is 0 Å². The number of ether oxygens (including phenoxy) is 1. The molecule has 0 spiro atoms. The van der Waals surface area contributed by atoms with Crippen molar-refractivity contribution in [2.24, 2.45) is 0 Å². The van der Waals surface area contributed by atoms with Crippen LogP contribution in [0.5, 0.6) is 0 Å². The number of nitrogens with one attached hydrogen (secondary N) is 2. The van der Waals surface area contributed by atoms with Crippen molar-refractivity contribution >= 4 is 23.6 Å². The number of hydrogen-bond donors (Lipinski definition) is 2. The predicted molar refractivity (Wildman–Crippen MR) is 139 cm³/mol. The fourth-order valence-corrected chi connectivity index (χ4v) is 4.10. The number of anilines is 1. The molecule has 190 valence electrons. The summed E-state index contributed by atoms with van der Waals surface area (Å²) < 4.78 is 5.30. The molecule has 0 heterocycles. The average Bonchev–Trinajstić information content (AvgIpc) is 2.71. The van der Waals surface area contributed by atoms with Crippen LogP contribution in [0.15, 0.2) is 36.4 Å². The molecule has 2 atom stereocenters. The number of likely N-dealkylation sites (N-methyl/N-ethyl adjacent to an activating group) is 1. The molecule has 2 unspecified atom stereocenters. The van der Waals surface area contributed by atoms with Crippen molar-refractivity contribution in [2.45, 2.75) is 80.0 Å². The highest BCUT2D eigenvalue weighted by Gasteiger charge is 2.34. The Morgan fingerprint density at radius 1 is 0.971 bits per heavy atom. The molecule has 0 aliphatic heterocycles. The lowest BCUT2D eigenvalue weighted by Crippen LogP contribution is -2.51. The number of nitrogens with zero attached hydrogens (tertiary/aromatic N) is 1. The van der Waals surface area contributed by atoms with E-state index in [1.165, 1.54) is 4.90 Å². The summed E-state index contributed by atoms with van der Waals surface area (Å²) in [7, 11) is 0. The minimum absolute atomic E-state index is 0.275. The number of carbonyl (C=O) groups is 3. The van der Waals surface area contributed by atoms with Crippen LogP contribution in [0, 0.1) is 27.7 Å². The molecule has 35 heavy (non-hydrogen) atoms. The number of rotatable bonds is 7. The summed E-state index contributed by atoms with van der Waals surface area (Å²) in [4.78, 5) is 41.1. The zero-order chi connectivity index (χ0) is 26.5. The maximum atomic E-state index is 13.8. The minimum atomic E-state index is -0.883. The second kappa shape index (κ2) is 11.4. The van der Waals surface area contributed by atoms with Gasteiger partial charge in [0.1, 0.15) is 17.7 Å². The maximum absolute atomic E-state index is 13.8. The van der Waals surface area contributed by atoms with Crippen LogP contribution >= 0.6 is 0 Å². The standard InChI is InChI=1S/C28H39N3O4/c1-10-31(26(33)21(6)29-27(34)35-28(7,8)9)24(22-15-17(2)14-18(3)16-22)25(32)30-23-19(4)12-11-13-20(23)5/h11-16,21,24H,10H2,1-9H3,(H,29,34)(H,30,32). The zero-order valence-electron chi connectivity index (χ0n) is 22.4. The van der Waals surface area contributed by atoms with Gasteiger partial charge in [0, 0.05) is 12.2 Å². The Bertz CT molecular complexity index is 1050. The van der Waals surface area contributed by atoms with Gasteiger partial charge >= 0.3 is 6.09 Å². The van der Waals surface area contributed by atoms with E-state index in [1.807, 2.05) is 71.0 Å². The molecular weight excluding hydrogens is 442 g/mol. The number of hydrogen-bond acceptors (Lipinski definition) is 4. The first-order valence-electron chi connectivity index (χ1n) is 12.0. The van der Waals surface area contributed by atoms with Gasteiger partial charge in [-0.3, -0.25) is 9.59 Å². The van der Waals surface area contributed by atoms with E-state index in [0.717, 1.165) is 27.9 Å². The summed E-state index contributed by atoms with van der Waals surface area (Å²) >= 11 is 0. The van der Waals surface area contributed by atoms with Gasteiger partial charge in [0.05, 0.1) is 0 Å². The third kappa shape index (κ3) is 7.57. The van der Waals surface area contributed by atoms with Crippen LogP contribution in [0.3, 0.4) is 0 Å². The van der Waals surface area contributed by atoms with Crippen LogP contribution in [-0.2, 0) is 14.3 Å². The molecule has 0 aliphatic carbocycles. The van der Waals surface area contributed by atoms with E-state index in [4.69, 9.17) is 4.74 Å². The minimum Gasteiger partial charge on any atom is -0.444 e. The lowest BCUT2D eigenvalue weighted by molar-refractivity contribution is -0.140.